The fourth-order valence-corrected chi connectivity index (χ4v) is 3.38. The molecular formula is C22H21N3O2. The fourth-order valence-electron chi connectivity index (χ4n) is 3.38. The van der Waals surface area contributed by atoms with Crippen molar-refractivity contribution >= 4 is 27.8 Å². The molecule has 1 amide bonds. The highest BCUT2D eigenvalue weighted by molar-refractivity contribution is 5.97. The van der Waals surface area contributed by atoms with Gasteiger partial charge in [-0.3, -0.25) is 4.79 Å². The zero-order valence-corrected chi connectivity index (χ0v) is 15.6. The Morgan fingerprint density at radius 1 is 1.04 bits per heavy atom. The van der Waals surface area contributed by atoms with Crippen molar-refractivity contribution in [3.05, 3.63) is 71.5 Å². The van der Waals surface area contributed by atoms with Crippen molar-refractivity contribution in [3.63, 3.8) is 0 Å². The molecule has 5 heteroatoms. The third-order valence-electron chi connectivity index (χ3n) is 4.80. The molecule has 0 unspecified atom stereocenters. The van der Waals surface area contributed by atoms with Crippen LogP contribution < -0.4 is 5.32 Å². The zero-order valence-electron chi connectivity index (χ0n) is 15.6. The number of hydrogen-bond donors (Lipinski definition) is 1. The van der Waals surface area contributed by atoms with Gasteiger partial charge in [0.25, 0.3) is 11.6 Å². The van der Waals surface area contributed by atoms with E-state index < -0.39 is 0 Å². The maximum atomic E-state index is 12.8. The van der Waals surface area contributed by atoms with E-state index in [1.54, 1.807) is 6.07 Å². The summed E-state index contributed by atoms with van der Waals surface area (Å²) in [5.41, 5.74) is 2.86. The molecule has 0 fully saturated rings. The lowest BCUT2D eigenvalue weighted by Gasteiger charge is -2.16. The quantitative estimate of drug-likeness (QED) is 0.557. The number of rotatable bonds is 4. The molecule has 0 aliphatic rings. The predicted octanol–water partition coefficient (Wildman–Crippen LogP) is 4.99. The monoisotopic (exact) mass is 359 g/mol. The van der Waals surface area contributed by atoms with Crippen LogP contribution in [0.15, 0.2) is 59.3 Å². The Kier molecular flexibility index (Phi) is 4.36. The summed E-state index contributed by atoms with van der Waals surface area (Å²) < 4.78 is 5.25. The molecule has 5 nitrogen and oxygen atoms in total. The Labute approximate surface area is 157 Å². The molecule has 2 aromatic heterocycles. The van der Waals surface area contributed by atoms with Gasteiger partial charge in [0.1, 0.15) is 0 Å². The molecule has 1 atom stereocenters. The van der Waals surface area contributed by atoms with E-state index in [4.69, 9.17) is 4.52 Å². The first-order valence-electron chi connectivity index (χ1n) is 9.08. The van der Waals surface area contributed by atoms with E-state index in [0.29, 0.717) is 11.3 Å². The molecule has 27 heavy (non-hydrogen) atoms. The average molecular weight is 359 g/mol. The zero-order chi connectivity index (χ0) is 19.0. The van der Waals surface area contributed by atoms with Crippen molar-refractivity contribution < 1.29 is 9.32 Å². The van der Waals surface area contributed by atoms with Crippen LogP contribution in [-0.4, -0.2) is 16.0 Å². The number of fused-ring (bicyclic) bond motifs is 2. The Morgan fingerprint density at radius 3 is 2.63 bits per heavy atom. The number of nitrogens with one attached hydrogen (secondary N) is 1. The van der Waals surface area contributed by atoms with E-state index in [0.717, 1.165) is 27.4 Å². The summed E-state index contributed by atoms with van der Waals surface area (Å²) in [5.74, 6) is 0.0294. The van der Waals surface area contributed by atoms with Gasteiger partial charge in [-0.05, 0) is 35.2 Å². The van der Waals surface area contributed by atoms with E-state index >= 15 is 0 Å². The summed E-state index contributed by atoms with van der Waals surface area (Å²) in [5, 5.41) is 10.2. The molecule has 1 N–H and O–H groups in total. The van der Waals surface area contributed by atoms with Crippen molar-refractivity contribution in [3.8, 4) is 0 Å². The smallest absolute Gasteiger partial charge is 0.257 e. The largest absolute Gasteiger partial charge is 0.345 e. The maximum Gasteiger partial charge on any atom is 0.257 e. The van der Waals surface area contributed by atoms with Crippen LogP contribution in [0, 0.1) is 0 Å². The number of hydrogen-bond acceptors (Lipinski definition) is 4. The van der Waals surface area contributed by atoms with Crippen molar-refractivity contribution in [1.82, 2.24) is 15.5 Å². The third kappa shape index (κ3) is 3.16. The third-order valence-corrected chi connectivity index (χ3v) is 4.80. The summed E-state index contributed by atoms with van der Waals surface area (Å²) in [7, 11) is 0. The molecule has 4 aromatic rings. The van der Waals surface area contributed by atoms with Gasteiger partial charge >= 0.3 is 0 Å². The van der Waals surface area contributed by atoms with E-state index in [9.17, 15) is 4.79 Å². The van der Waals surface area contributed by atoms with Crippen molar-refractivity contribution in [1.29, 1.82) is 0 Å². The predicted molar refractivity (Wildman–Crippen MR) is 106 cm³/mol. The van der Waals surface area contributed by atoms with Crippen LogP contribution in [0.25, 0.3) is 21.9 Å². The van der Waals surface area contributed by atoms with Crippen molar-refractivity contribution in [2.24, 2.45) is 0 Å². The van der Waals surface area contributed by atoms with Crippen molar-refractivity contribution in [2.45, 2.75) is 32.7 Å². The number of carbonyl (C=O) groups excluding carboxylic acids is 1. The standard InChI is InChI=1S/C22H21N3O2/c1-13(2)20-19-11-16(12-23-22(19)27-25-20)21(26)24-14(3)17-10-6-8-15-7-4-5-9-18(15)17/h4-14H,1-3H3,(H,24,26)/t14-/m1/s1. The molecule has 0 saturated carbocycles. The van der Waals surface area contributed by atoms with Gasteiger partial charge in [0.2, 0.25) is 0 Å². The van der Waals surface area contributed by atoms with Gasteiger partial charge < -0.3 is 9.84 Å². The molecule has 0 aliphatic carbocycles. The maximum absolute atomic E-state index is 12.8. The highest BCUT2D eigenvalue weighted by atomic mass is 16.5. The van der Waals surface area contributed by atoms with Gasteiger partial charge in [-0.15, -0.1) is 0 Å². The van der Waals surface area contributed by atoms with Crippen LogP contribution in [0.4, 0.5) is 0 Å². The molecule has 136 valence electrons. The van der Waals surface area contributed by atoms with Crippen LogP contribution >= 0.6 is 0 Å². The second kappa shape index (κ2) is 6.83. The fraction of sp³-hybridized carbons (Fsp3) is 0.227. The Bertz CT molecular complexity index is 1130. The molecule has 4 rings (SSSR count). The Morgan fingerprint density at radius 2 is 1.81 bits per heavy atom. The van der Waals surface area contributed by atoms with Crippen LogP contribution in [-0.2, 0) is 0 Å². The van der Waals surface area contributed by atoms with E-state index in [2.05, 4.69) is 33.7 Å². The van der Waals surface area contributed by atoms with Gasteiger partial charge in [-0.25, -0.2) is 4.98 Å². The summed E-state index contributed by atoms with van der Waals surface area (Å²) in [6.07, 6.45) is 1.53. The average Bonchev–Trinajstić information content (AvgIpc) is 3.11. The van der Waals surface area contributed by atoms with Gasteiger partial charge in [-0.2, -0.15) is 0 Å². The normalized spacial score (nSPS) is 12.6. The van der Waals surface area contributed by atoms with Gasteiger partial charge in [0.15, 0.2) is 0 Å². The first-order valence-corrected chi connectivity index (χ1v) is 9.08. The lowest BCUT2D eigenvalue weighted by molar-refractivity contribution is 0.0940. The van der Waals surface area contributed by atoms with Crippen LogP contribution in [0.1, 0.15) is 54.3 Å². The van der Waals surface area contributed by atoms with Crippen LogP contribution in [0.2, 0.25) is 0 Å². The summed E-state index contributed by atoms with van der Waals surface area (Å²) >= 11 is 0. The minimum Gasteiger partial charge on any atom is -0.345 e. The number of nitrogens with zero attached hydrogens (tertiary/aromatic N) is 2. The second-order valence-corrected chi connectivity index (χ2v) is 7.06. The molecule has 0 saturated heterocycles. The summed E-state index contributed by atoms with van der Waals surface area (Å²) in [6.45, 7) is 6.06. The van der Waals surface area contributed by atoms with E-state index in [1.165, 1.54) is 6.20 Å². The minimum atomic E-state index is -0.166. The number of aromatic nitrogens is 2. The number of benzene rings is 2. The van der Waals surface area contributed by atoms with E-state index in [1.807, 2.05) is 45.0 Å². The highest BCUT2D eigenvalue weighted by Gasteiger charge is 2.18. The topological polar surface area (TPSA) is 68.0 Å². The van der Waals surface area contributed by atoms with Crippen molar-refractivity contribution in [2.75, 3.05) is 0 Å². The SMILES string of the molecule is CC(C)c1noc2ncc(C(=O)N[C@H](C)c3cccc4ccccc34)cc12. The van der Waals surface area contributed by atoms with Gasteiger partial charge in [0, 0.05) is 6.20 Å². The molecule has 0 bridgehead atoms. The molecule has 0 radical (unpaired) electrons. The lowest BCUT2D eigenvalue weighted by atomic mass is 9.99. The minimum absolute atomic E-state index is 0.133. The molecular weight excluding hydrogens is 338 g/mol. The Balaban J connectivity index is 1.63. The van der Waals surface area contributed by atoms with Gasteiger partial charge in [0.05, 0.1) is 22.7 Å². The first kappa shape index (κ1) is 17.2. The molecule has 2 heterocycles. The number of amides is 1. The van der Waals surface area contributed by atoms with E-state index in [-0.39, 0.29) is 17.9 Å². The number of carbonyl (C=O) groups is 1. The highest BCUT2D eigenvalue weighted by Crippen LogP contribution is 2.26. The van der Waals surface area contributed by atoms with Crippen LogP contribution in [0.5, 0.6) is 0 Å². The second-order valence-electron chi connectivity index (χ2n) is 7.06. The van der Waals surface area contributed by atoms with Crippen LogP contribution in [0.3, 0.4) is 0 Å². The molecule has 2 aromatic carbocycles. The lowest BCUT2D eigenvalue weighted by Crippen LogP contribution is -2.26. The number of pyridine rings is 1. The van der Waals surface area contributed by atoms with Gasteiger partial charge in [-0.1, -0.05) is 61.5 Å². The summed E-state index contributed by atoms with van der Waals surface area (Å²) in [6, 6.07) is 16.0. The Hall–Kier alpha value is -3.21. The first-order chi connectivity index (χ1) is 13.0. The molecule has 0 aliphatic heterocycles. The molecule has 0 spiro atoms. The summed E-state index contributed by atoms with van der Waals surface area (Å²) in [4.78, 5) is 17.1.